The van der Waals surface area contributed by atoms with Crippen LogP contribution in [-0.4, -0.2) is 47.4 Å². The summed E-state index contributed by atoms with van der Waals surface area (Å²) in [5, 5.41) is 2.68. The number of hydrogen-bond acceptors (Lipinski definition) is 5. The molecule has 0 unspecified atom stereocenters. The third-order valence-corrected chi connectivity index (χ3v) is 4.78. The van der Waals surface area contributed by atoms with E-state index in [0.29, 0.717) is 36.8 Å². The second-order valence-corrected chi connectivity index (χ2v) is 7.78. The number of benzene rings is 2. The van der Waals surface area contributed by atoms with Crippen LogP contribution in [0.1, 0.15) is 6.42 Å². The molecular weight excluding hydrogens is 368 g/mol. The van der Waals surface area contributed by atoms with E-state index in [1.807, 2.05) is 30.3 Å². The molecule has 2 aromatic carbocycles. The summed E-state index contributed by atoms with van der Waals surface area (Å²) in [7, 11) is -2.03. The average Bonchev–Trinajstić information content (AvgIpc) is 2.64. The third-order valence-electron chi connectivity index (χ3n) is 3.64. The maximum Gasteiger partial charge on any atom is 0.240 e. The summed E-state index contributed by atoms with van der Waals surface area (Å²) in [4.78, 5) is 12.1. The van der Waals surface area contributed by atoms with Gasteiger partial charge < -0.3 is 14.8 Å². The van der Waals surface area contributed by atoms with Crippen LogP contribution in [0, 0.1) is 0 Å². The zero-order valence-electron chi connectivity index (χ0n) is 15.4. The number of carbonyl (C=O) groups excluding carboxylic acids is 1. The molecule has 27 heavy (non-hydrogen) atoms. The highest BCUT2D eigenvalue weighted by molar-refractivity contribution is 7.92. The van der Waals surface area contributed by atoms with Crippen molar-refractivity contribution in [2.24, 2.45) is 0 Å². The molecule has 0 aliphatic rings. The molecule has 0 aliphatic carbocycles. The molecule has 0 heterocycles. The number of ether oxygens (including phenoxy) is 2. The lowest BCUT2D eigenvalue weighted by atomic mass is 10.3. The quantitative estimate of drug-likeness (QED) is 0.628. The molecule has 0 saturated carbocycles. The van der Waals surface area contributed by atoms with Crippen molar-refractivity contribution in [1.29, 1.82) is 0 Å². The molecule has 1 N–H and O–H groups in total. The van der Waals surface area contributed by atoms with Gasteiger partial charge in [0.05, 0.1) is 11.9 Å². The Labute approximate surface area is 160 Å². The minimum atomic E-state index is -3.61. The van der Waals surface area contributed by atoms with Crippen LogP contribution in [0.15, 0.2) is 54.6 Å². The second kappa shape index (κ2) is 9.94. The van der Waals surface area contributed by atoms with E-state index >= 15 is 0 Å². The Bertz CT molecular complexity index is 823. The van der Waals surface area contributed by atoms with E-state index in [-0.39, 0.29) is 12.5 Å². The van der Waals surface area contributed by atoms with Gasteiger partial charge in [-0.3, -0.25) is 9.10 Å². The Morgan fingerprint density at radius 2 is 1.67 bits per heavy atom. The smallest absolute Gasteiger partial charge is 0.240 e. The molecule has 0 saturated heterocycles. The van der Waals surface area contributed by atoms with Gasteiger partial charge in [-0.05, 0) is 42.8 Å². The first-order valence-corrected chi connectivity index (χ1v) is 10.3. The first kappa shape index (κ1) is 20.7. The van der Waals surface area contributed by atoms with Crippen molar-refractivity contribution in [3.05, 3.63) is 54.6 Å². The predicted octanol–water partition coefficient (Wildman–Crippen LogP) is 2.40. The van der Waals surface area contributed by atoms with Crippen molar-refractivity contribution in [2.45, 2.75) is 6.42 Å². The highest BCUT2D eigenvalue weighted by Crippen LogP contribution is 2.25. The predicted molar refractivity (Wildman–Crippen MR) is 105 cm³/mol. The van der Waals surface area contributed by atoms with Crippen LogP contribution in [0.4, 0.5) is 5.69 Å². The van der Waals surface area contributed by atoms with E-state index in [0.717, 1.165) is 10.6 Å². The van der Waals surface area contributed by atoms with E-state index in [4.69, 9.17) is 9.47 Å². The topological polar surface area (TPSA) is 84.9 Å². The molecule has 0 atom stereocenters. The number of rotatable bonds is 10. The van der Waals surface area contributed by atoms with E-state index in [9.17, 15) is 13.2 Å². The Hall–Kier alpha value is -2.58. The van der Waals surface area contributed by atoms with E-state index < -0.39 is 10.0 Å². The zero-order chi connectivity index (χ0) is 19.7. The maximum atomic E-state index is 12.1. The first-order valence-electron chi connectivity index (χ1n) is 8.46. The SMILES string of the molecule is COCCCNC(=O)CN(c1ccc(Oc2ccccc2)cc1)S(C)(=O)=O. The van der Waals surface area contributed by atoms with Gasteiger partial charge in [0.25, 0.3) is 0 Å². The summed E-state index contributed by atoms with van der Waals surface area (Å²) in [6.45, 7) is 0.664. The van der Waals surface area contributed by atoms with Gasteiger partial charge in [-0.25, -0.2) is 8.42 Å². The summed E-state index contributed by atoms with van der Waals surface area (Å²) in [5.41, 5.74) is 0.393. The van der Waals surface area contributed by atoms with Crippen LogP contribution >= 0.6 is 0 Å². The van der Waals surface area contributed by atoms with Gasteiger partial charge >= 0.3 is 0 Å². The van der Waals surface area contributed by atoms with E-state index in [1.165, 1.54) is 0 Å². The van der Waals surface area contributed by atoms with E-state index in [1.54, 1.807) is 31.4 Å². The number of carbonyl (C=O) groups is 1. The standard InChI is InChI=1S/C19H24N2O5S/c1-25-14-6-13-20-19(22)15-21(27(2,23)24)16-9-11-18(12-10-16)26-17-7-4-3-5-8-17/h3-5,7-12H,6,13-15H2,1-2H3,(H,20,22). The number of para-hydroxylation sites is 1. The summed E-state index contributed by atoms with van der Waals surface area (Å²) < 4.78 is 35.9. The molecule has 0 bridgehead atoms. The Balaban J connectivity index is 2.04. The number of sulfonamides is 1. The van der Waals surface area contributed by atoms with Crippen molar-refractivity contribution in [2.75, 3.05) is 37.4 Å². The monoisotopic (exact) mass is 392 g/mol. The molecule has 0 fully saturated rings. The van der Waals surface area contributed by atoms with Gasteiger partial charge in [-0.1, -0.05) is 18.2 Å². The number of hydrogen-bond donors (Lipinski definition) is 1. The summed E-state index contributed by atoms with van der Waals surface area (Å²) in [6, 6.07) is 15.8. The van der Waals surface area contributed by atoms with Gasteiger partial charge in [-0.2, -0.15) is 0 Å². The van der Waals surface area contributed by atoms with Crippen LogP contribution in [0.5, 0.6) is 11.5 Å². The molecule has 1 amide bonds. The Morgan fingerprint density at radius 1 is 1.04 bits per heavy atom. The number of nitrogens with zero attached hydrogens (tertiary/aromatic N) is 1. The van der Waals surface area contributed by atoms with Crippen LogP contribution < -0.4 is 14.4 Å². The second-order valence-electron chi connectivity index (χ2n) is 5.87. The van der Waals surface area contributed by atoms with Crippen molar-refractivity contribution in [3.8, 4) is 11.5 Å². The molecule has 146 valence electrons. The fraction of sp³-hybridized carbons (Fsp3) is 0.316. The lowest BCUT2D eigenvalue weighted by Crippen LogP contribution is -2.40. The zero-order valence-corrected chi connectivity index (χ0v) is 16.2. The summed E-state index contributed by atoms with van der Waals surface area (Å²) in [5.74, 6) is 0.879. The van der Waals surface area contributed by atoms with Crippen molar-refractivity contribution in [3.63, 3.8) is 0 Å². The molecular formula is C19H24N2O5S. The Kier molecular flexibility index (Phi) is 7.63. The third kappa shape index (κ3) is 6.92. The summed E-state index contributed by atoms with van der Waals surface area (Å²) in [6.07, 6.45) is 1.73. The molecule has 2 aromatic rings. The minimum Gasteiger partial charge on any atom is -0.457 e. The van der Waals surface area contributed by atoms with Crippen LogP contribution in [-0.2, 0) is 19.6 Å². The fourth-order valence-corrected chi connectivity index (χ4v) is 3.19. The number of methoxy groups -OCH3 is 1. The average molecular weight is 392 g/mol. The molecule has 7 nitrogen and oxygen atoms in total. The van der Waals surface area contributed by atoms with Gasteiger partial charge in [-0.15, -0.1) is 0 Å². The maximum absolute atomic E-state index is 12.1. The highest BCUT2D eigenvalue weighted by Gasteiger charge is 2.20. The van der Waals surface area contributed by atoms with Crippen molar-refractivity contribution < 1.29 is 22.7 Å². The molecule has 0 aliphatic heterocycles. The first-order chi connectivity index (χ1) is 12.9. The molecule has 0 aromatic heterocycles. The van der Waals surface area contributed by atoms with Gasteiger partial charge in [0.1, 0.15) is 18.0 Å². The fourth-order valence-electron chi connectivity index (χ4n) is 2.34. The number of anilines is 1. The highest BCUT2D eigenvalue weighted by atomic mass is 32.2. The van der Waals surface area contributed by atoms with Gasteiger partial charge in [0.15, 0.2) is 0 Å². The van der Waals surface area contributed by atoms with Gasteiger partial charge in [0.2, 0.25) is 15.9 Å². The van der Waals surface area contributed by atoms with Crippen LogP contribution in [0.3, 0.4) is 0 Å². The molecule has 8 heteroatoms. The molecule has 0 radical (unpaired) electrons. The number of amides is 1. The number of nitrogens with one attached hydrogen (secondary N) is 1. The molecule has 2 rings (SSSR count). The summed E-state index contributed by atoms with van der Waals surface area (Å²) >= 11 is 0. The Morgan fingerprint density at radius 3 is 2.26 bits per heavy atom. The lowest BCUT2D eigenvalue weighted by molar-refractivity contribution is -0.119. The van der Waals surface area contributed by atoms with Crippen molar-refractivity contribution >= 4 is 21.6 Å². The largest absolute Gasteiger partial charge is 0.457 e. The lowest BCUT2D eigenvalue weighted by Gasteiger charge is -2.22. The normalized spacial score (nSPS) is 11.0. The van der Waals surface area contributed by atoms with Crippen LogP contribution in [0.2, 0.25) is 0 Å². The minimum absolute atomic E-state index is 0.287. The van der Waals surface area contributed by atoms with Crippen LogP contribution in [0.25, 0.3) is 0 Å². The van der Waals surface area contributed by atoms with Gasteiger partial charge in [0, 0.05) is 20.3 Å². The van der Waals surface area contributed by atoms with Crippen molar-refractivity contribution in [1.82, 2.24) is 5.32 Å². The van der Waals surface area contributed by atoms with E-state index in [2.05, 4.69) is 5.32 Å². The molecule has 0 spiro atoms.